The first kappa shape index (κ1) is 10.9. The summed E-state index contributed by atoms with van der Waals surface area (Å²) in [5.74, 6) is -2.02. The van der Waals surface area contributed by atoms with Gasteiger partial charge in [0.1, 0.15) is 0 Å². The molecule has 15 heavy (non-hydrogen) atoms. The van der Waals surface area contributed by atoms with Crippen LogP contribution in [-0.4, -0.2) is 13.1 Å². The van der Waals surface area contributed by atoms with E-state index in [2.05, 4.69) is 4.74 Å². The monoisotopic (exact) mass is 205 g/mol. The van der Waals surface area contributed by atoms with Crippen LogP contribution in [0.15, 0.2) is 30.1 Å². The van der Waals surface area contributed by atoms with Crippen LogP contribution in [0.1, 0.15) is 11.1 Å². The van der Waals surface area contributed by atoms with Gasteiger partial charge in [-0.15, -0.1) is 0 Å². The Kier molecular flexibility index (Phi) is 3.58. The topological polar surface area (TPSA) is 50.1 Å². The number of nitrogens with zero attached hydrogens (tertiary/aromatic N) is 1. The van der Waals surface area contributed by atoms with Crippen LogP contribution in [0.4, 0.5) is 4.39 Å². The minimum Gasteiger partial charge on any atom is -0.464 e. The number of rotatable bonds is 2. The van der Waals surface area contributed by atoms with E-state index >= 15 is 0 Å². The Bertz CT molecular complexity index is 446. The molecule has 0 heterocycles. The Hall–Kier alpha value is -2.15. The second kappa shape index (κ2) is 4.91. The van der Waals surface area contributed by atoms with Crippen LogP contribution in [0.25, 0.3) is 6.08 Å². The second-order valence-corrected chi connectivity index (χ2v) is 2.72. The fourth-order valence-corrected chi connectivity index (χ4v) is 1.00. The highest BCUT2D eigenvalue weighted by molar-refractivity contribution is 5.91. The van der Waals surface area contributed by atoms with E-state index in [0.717, 1.165) is 13.2 Å². The van der Waals surface area contributed by atoms with Gasteiger partial charge in [0, 0.05) is 0 Å². The summed E-state index contributed by atoms with van der Waals surface area (Å²) in [6.07, 6.45) is 1.02. The molecule has 0 spiro atoms. The zero-order chi connectivity index (χ0) is 11.3. The Morgan fingerprint density at radius 3 is 2.93 bits per heavy atom. The first-order chi connectivity index (χ1) is 7.17. The van der Waals surface area contributed by atoms with Crippen LogP contribution in [0.2, 0.25) is 0 Å². The highest BCUT2D eigenvalue weighted by atomic mass is 19.1. The van der Waals surface area contributed by atoms with Gasteiger partial charge < -0.3 is 4.74 Å². The van der Waals surface area contributed by atoms with E-state index in [1.165, 1.54) is 6.07 Å². The van der Waals surface area contributed by atoms with Gasteiger partial charge in [0.2, 0.25) is 5.83 Å². The zero-order valence-corrected chi connectivity index (χ0v) is 8.03. The lowest BCUT2D eigenvalue weighted by molar-refractivity contribution is -0.137. The smallest absolute Gasteiger partial charge is 0.366 e. The maximum atomic E-state index is 13.0. The van der Waals surface area contributed by atoms with Crippen molar-refractivity contribution in [3.63, 3.8) is 0 Å². The normalized spacial score (nSPS) is 10.6. The Morgan fingerprint density at radius 2 is 2.33 bits per heavy atom. The average molecular weight is 205 g/mol. The molecule has 0 fully saturated rings. The summed E-state index contributed by atoms with van der Waals surface area (Å²) in [6, 6.07) is 8.17. The minimum absolute atomic E-state index is 0.404. The number of halogens is 1. The van der Waals surface area contributed by atoms with Gasteiger partial charge in [-0.1, -0.05) is 12.1 Å². The standard InChI is InChI=1S/C11H8FNO2/c1-15-11(14)10(12)6-8-3-2-4-9(5-8)7-13/h2-6H,1H3/b10-6-. The molecule has 0 bridgehead atoms. The lowest BCUT2D eigenvalue weighted by atomic mass is 10.1. The first-order valence-electron chi connectivity index (χ1n) is 4.13. The predicted molar refractivity (Wildman–Crippen MR) is 52.3 cm³/mol. The van der Waals surface area contributed by atoms with E-state index in [1.54, 1.807) is 18.2 Å². The third-order valence-electron chi connectivity index (χ3n) is 1.69. The molecule has 0 aliphatic heterocycles. The Labute approximate surface area is 86.4 Å². The molecule has 0 aliphatic carbocycles. The second-order valence-electron chi connectivity index (χ2n) is 2.72. The Morgan fingerprint density at radius 1 is 1.60 bits per heavy atom. The number of esters is 1. The van der Waals surface area contributed by atoms with Crippen LogP contribution in [-0.2, 0) is 9.53 Å². The molecule has 76 valence electrons. The summed E-state index contributed by atoms with van der Waals surface area (Å²) in [5, 5.41) is 8.60. The van der Waals surface area contributed by atoms with E-state index in [4.69, 9.17) is 5.26 Å². The summed E-state index contributed by atoms with van der Waals surface area (Å²) >= 11 is 0. The number of hydrogen-bond donors (Lipinski definition) is 0. The van der Waals surface area contributed by atoms with E-state index in [1.807, 2.05) is 6.07 Å². The van der Waals surface area contributed by atoms with Crippen LogP contribution in [0, 0.1) is 11.3 Å². The fourth-order valence-electron chi connectivity index (χ4n) is 1.00. The molecule has 0 N–H and O–H groups in total. The fraction of sp³-hybridized carbons (Fsp3) is 0.0909. The molecule has 0 unspecified atom stereocenters. The number of ether oxygens (including phenoxy) is 1. The molecule has 0 atom stereocenters. The van der Waals surface area contributed by atoms with Gasteiger partial charge in [0.15, 0.2) is 0 Å². The van der Waals surface area contributed by atoms with Gasteiger partial charge in [0.05, 0.1) is 18.7 Å². The lowest BCUT2D eigenvalue weighted by Crippen LogP contribution is -1.99. The van der Waals surface area contributed by atoms with Gasteiger partial charge in [-0.05, 0) is 23.8 Å². The maximum absolute atomic E-state index is 13.0. The number of benzene rings is 1. The van der Waals surface area contributed by atoms with Crippen molar-refractivity contribution < 1.29 is 13.9 Å². The molecule has 1 rings (SSSR count). The largest absolute Gasteiger partial charge is 0.464 e. The van der Waals surface area contributed by atoms with Crippen LogP contribution < -0.4 is 0 Å². The Balaban J connectivity index is 2.99. The van der Waals surface area contributed by atoms with Crippen LogP contribution in [0.3, 0.4) is 0 Å². The van der Waals surface area contributed by atoms with E-state index in [9.17, 15) is 9.18 Å². The third-order valence-corrected chi connectivity index (χ3v) is 1.69. The van der Waals surface area contributed by atoms with Gasteiger partial charge in [-0.3, -0.25) is 0 Å². The van der Waals surface area contributed by atoms with Gasteiger partial charge in [-0.2, -0.15) is 9.65 Å². The number of hydrogen-bond acceptors (Lipinski definition) is 3. The molecular formula is C11H8FNO2. The van der Waals surface area contributed by atoms with E-state index < -0.39 is 11.8 Å². The van der Waals surface area contributed by atoms with Crippen molar-refractivity contribution in [3.05, 3.63) is 41.2 Å². The number of carbonyl (C=O) groups excluding carboxylic acids is 1. The molecule has 0 aliphatic rings. The zero-order valence-electron chi connectivity index (χ0n) is 8.03. The third kappa shape index (κ3) is 2.92. The van der Waals surface area contributed by atoms with Crippen LogP contribution in [0.5, 0.6) is 0 Å². The predicted octanol–water partition coefficient (Wildman–Crippen LogP) is 2.04. The molecule has 4 heteroatoms. The van der Waals surface area contributed by atoms with Gasteiger partial charge in [-0.25, -0.2) is 4.79 Å². The van der Waals surface area contributed by atoms with Crippen molar-refractivity contribution in [2.45, 2.75) is 0 Å². The summed E-state index contributed by atoms with van der Waals surface area (Å²) in [7, 11) is 1.10. The molecule has 1 aromatic rings. The van der Waals surface area contributed by atoms with E-state index in [-0.39, 0.29) is 0 Å². The number of methoxy groups -OCH3 is 1. The number of nitriles is 1. The van der Waals surface area contributed by atoms with Gasteiger partial charge in [0.25, 0.3) is 0 Å². The van der Waals surface area contributed by atoms with Crippen molar-refractivity contribution >= 4 is 12.0 Å². The summed E-state index contributed by atoms with van der Waals surface area (Å²) < 4.78 is 17.2. The molecular weight excluding hydrogens is 197 g/mol. The first-order valence-corrected chi connectivity index (χ1v) is 4.13. The van der Waals surface area contributed by atoms with Crippen LogP contribution >= 0.6 is 0 Å². The van der Waals surface area contributed by atoms with Crippen molar-refractivity contribution in [3.8, 4) is 6.07 Å². The SMILES string of the molecule is COC(=O)/C(F)=C/c1cccc(C#N)c1. The van der Waals surface area contributed by atoms with Crippen molar-refractivity contribution in [1.29, 1.82) is 5.26 Å². The van der Waals surface area contributed by atoms with Crippen molar-refractivity contribution in [1.82, 2.24) is 0 Å². The summed E-state index contributed by atoms with van der Waals surface area (Å²) in [6.45, 7) is 0. The molecule has 0 saturated carbocycles. The van der Waals surface area contributed by atoms with Gasteiger partial charge >= 0.3 is 5.97 Å². The quantitative estimate of drug-likeness (QED) is 0.548. The summed E-state index contributed by atoms with van der Waals surface area (Å²) in [5.41, 5.74) is 0.846. The highest BCUT2D eigenvalue weighted by Gasteiger charge is 2.07. The molecule has 1 aromatic carbocycles. The maximum Gasteiger partial charge on any atom is 0.366 e. The molecule has 0 saturated heterocycles. The highest BCUT2D eigenvalue weighted by Crippen LogP contribution is 2.11. The van der Waals surface area contributed by atoms with Crippen molar-refractivity contribution in [2.24, 2.45) is 0 Å². The minimum atomic E-state index is -1.03. The number of carbonyl (C=O) groups is 1. The average Bonchev–Trinajstić information content (AvgIpc) is 2.28. The van der Waals surface area contributed by atoms with Crippen molar-refractivity contribution in [2.75, 3.05) is 7.11 Å². The van der Waals surface area contributed by atoms with E-state index in [0.29, 0.717) is 11.1 Å². The lowest BCUT2D eigenvalue weighted by Gasteiger charge is -1.96. The molecule has 0 radical (unpaired) electrons. The molecule has 3 nitrogen and oxygen atoms in total. The molecule has 0 amide bonds. The molecule has 0 aromatic heterocycles. The summed E-state index contributed by atoms with van der Waals surface area (Å²) in [4.78, 5) is 10.7.